The topological polar surface area (TPSA) is 76.7 Å². The number of amides is 2. The van der Waals surface area contributed by atoms with Crippen LogP contribution in [0.15, 0.2) is 72.8 Å². The molecule has 1 aliphatic rings. The number of nitrogens with one attached hydrogen (secondary N) is 2. The minimum absolute atomic E-state index is 0.139. The van der Waals surface area contributed by atoms with Gasteiger partial charge in [0.25, 0.3) is 11.8 Å². The molecule has 0 bridgehead atoms. The van der Waals surface area contributed by atoms with E-state index in [0.717, 1.165) is 11.3 Å². The van der Waals surface area contributed by atoms with Crippen molar-refractivity contribution in [2.24, 2.45) is 0 Å². The van der Waals surface area contributed by atoms with Crippen molar-refractivity contribution in [3.8, 4) is 11.5 Å². The van der Waals surface area contributed by atoms with Gasteiger partial charge < -0.3 is 20.1 Å². The van der Waals surface area contributed by atoms with Crippen LogP contribution in [-0.2, 0) is 4.79 Å². The Kier molecular flexibility index (Phi) is 5.16. The fourth-order valence-corrected chi connectivity index (χ4v) is 2.92. The van der Waals surface area contributed by atoms with Crippen molar-refractivity contribution in [3.63, 3.8) is 0 Å². The second kappa shape index (κ2) is 8.06. The Hall–Kier alpha value is -3.80. The van der Waals surface area contributed by atoms with Crippen LogP contribution in [0.5, 0.6) is 11.5 Å². The lowest BCUT2D eigenvalue weighted by Gasteiger charge is -2.25. The Balaban J connectivity index is 1.36. The molecule has 0 radical (unpaired) electrons. The van der Waals surface area contributed by atoms with Gasteiger partial charge in [-0.05, 0) is 55.5 Å². The number of hydrogen-bond donors (Lipinski definition) is 2. The average molecular weight is 388 g/mol. The molecule has 1 atom stereocenters. The number of fused-ring (bicyclic) bond motifs is 1. The zero-order valence-corrected chi connectivity index (χ0v) is 15.8. The summed E-state index contributed by atoms with van der Waals surface area (Å²) in [5, 5.41) is 5.63. The van der Waals surface area contributed by atoms with Crippen LogP contribution >= 0.6 is 0 Å². The summed E-state index contributed by atoms with van der Waals surface area (Å²) in [5.74, 6) is 0.645. The lowest BCUT2D eigenvalue weighted by Crippen LogP contribution is -2.40. The molecule has 0 unspecified atom stereocenters. The minimum Gasteiger partial charge on any atom is -0.485 e. The first-order valence-electron chi connectivity index (χ1n) is 9.26. The van der Waals surface area contributed by atoms with Gasteiger partial charge in [0.15, 0.2) is 11.5 Å². The first-order chi connectivity index (χ1) is 14.1. The molecule has 1 aliphatic heterocycles. The maximum Gasteiger partial charge on any atom is 0.269 e. The second-order valence-electron chi connectivity index (χ2n) is 6.75. The van der Waals surface area contributed by atoms with Gasteiger partial charge in [-0.15, -0.1) is 0 Å². The fraction of sp³-hybridized carbons (Fsp3) is 0.130. The Morgan fingerprint density at radius 3 is 2.17 bits per heavy atom. The Bertz CT molecular complexity index is 1030. The third kappa shape index (κ3) is 4.38. The number of aryl methyl sites for hydroxylation is 1. The number of carbonyl (C=O) groups excluding carboxylic acids is 2. The molecule has 146 valence electrons. The van der Waals surface area contributed by atoms with E-state index in [1.54, 1.807) is 36.4 Å². The monoisotopic (exact) mass is 388 g/mol. The molecule has 3 aromatic carbocycles. The van der Waals surface area contributed by atoms with Crippen LogP contribution in [0, 0.1) is 6.92 Å². The van der Waals surface area contributed by atoms with Gasteiger partial charge in [0, 0.05) is 16.9 Å². The number of rotatable bonds is 4. The Morgan fingerprint density at radius 1 is 0.828 bits per heavy atom. The molecule has 6 nitrogen and oxygen atoms in total. The molecule has 3 aromatic rings. The Morgan fingerprint density at radius 2 is 1.45 bits per heavy atom. The number of carbonyl (C=O) groups is 2. The fourth-order valence-electron chi connectivity index (χ4n) is 2.92. The van der Waals surface area contributed by atoms with E-state index >= 15 is 0 Å². The van der Waals surface area contributed by atoms with Crippen molar-refractivity contribution in [2.75, 3.05) is 17.2 Å². The van der Waals surface area contributed by atoms with E-state index in [2.05, 4.69) is 10.6 Å². The molecule has 0 aromatic heterocycles. The highest BCUT2D eigenvalue weighted by molar-refractivity contribution is 6.04. The normalized spacial score (nSPS) is 14.7. The van der Waals surface area contributed by atoms with Crippen molar-refractivity contribution >= 4 is 23.2 Å². The summed E-state index contributed by atoms with van der Waals surface area (Å²) in [4.78, 5) is 24.8. The van der Waals surface area contributed by atoms with Crippen LogP contribution in [0.1, 0.15) is 15.9 Å². The van der Waals surface area contributed by atoms with Crippen LogP contribution in [0.2, 0.25) is 0 Å². The molecule has 1 heterocycles. The smallest absolute Gasteiger partial charge is 0.269 e. The molecule has 0 saturated carbocycles. The van der Waals surface area contributed by atoms with Crippen molar-refractivity contribution < 1.29 is 19.1 Å². The maximum absolute atomic E-state index is 12.5. The van der Waals surface area contributed by atoms with Gasteiger partial charge >= 0.3 is 0 Å². The molecule has 2 N–H and O–H groups in total. The predicted octanol–water partition coefficient (Wildman–Crippen LogP) is 4.03. The molecule has 4 rings (SSSR count). The first kappa shape index (κ1) is 18.6. The maximum atomic E-state index is 12.5. The zero-order chi connectivity index (χ0) is 20.2. The van der Waals surface area contributed by atoms with Crippen LogP contribution in [0.4, 0.5) is 11.4 Å². The highest BCUT2D eigenvalue weighted by Gasteiger charge is 2.27. The summed E-state index contributed by atoms with van der Waals surface area (Å²) < 4.78 is 11.3. The summed E-state index contributed by atoms with van der Waals surface area (Å²) in [6.45, 7) is 2.13. The van der Waals surface area contributed by atoms with Gasteiger partial charge in [-0.1, -0.05) is 29.8 Å². The van der Waals surface area contributed by atoms with E-state index in [1.807, 2.05) is 43.3 Å². The third-order valence-electron chi connectivity index (χ3n) is 4.53. The first-order valence-corrected chi connectivity index (χ1v) is 9.26. The van der Waals surface area contributed by atoms with Crippen molar-refractivity contribution in [2.45, 2.75) is 13.0 Å². The molecule has 29 heavy (non-hydrogen) atoms. The Labute approximate surface area is 168 Å². The summed E-state index contributed by atoms with van der Waals surface area (Å²) in [5.41, 5.74) is 2.92. The van der Waals surface area contributed by atoms with Crippen molar-refractivity contribution in [1.82, 2.24) is 0 Å². The number of ether oxygens (including phenoxy) is 2. The molecule has 0 fully saturated rings. The van der Waals surface area contributed by atoms with Crippen LogP contribution in [-0.4, -0.2) is 24.5 Å². The van der Waals surface area contributed by atoms with Crippen molar-refractivity contribution in [3.05, 3.63) is 83.9 Å². The summed E-state index contributed by atoms with van der Waals surface area (Å²) in [6, 6.07) is 21.5. The number of hydrogen-bond acceptors (Lipinski definition) is 4. The number of para-hydroxylation sites is 2. The molecule has 0 aliphatic carbocycles. The van der Waals surface area contributed by atoms with E-state index in [-0.39, 0.29) is 18.4 Å². The van der Waals surface area contributed by atoms with E-state index in [9.17, 15) is 9.59 Å². The SMILES string of the molecule is Cc1ccc(NC(=O)c2ccc(NC(=O)[C@H]3COc4ccccc4O3)cc2)cc1. The standard InChI is InChI=1S/C23H20N2O4/c1-15-6-10-17(11-7-15)24-22(26)16-8-12-18(13-9-16)25-23(27)21-14-28-19-4-2-3-5-20(19)29-21/h2-13,21H,14H2,1H3,(H,24,26)(H,25,27)/t21-/m1/s1. The average Bonchev–Trinajstić information content (AvgIpc) is 2.75. The van der Waals surface area contributed by atoms with E-state index in [4.69, 9.17) is 9.47 Å². The molecular formula is C23H20N2O4. The van der Waals surface area contributed by atoms with E-state index in [0.29, 0.717) is 22.7 Å². The molecule has 2 amide bonds. The predicted molar refractivity (Wildman–Crippen MR) is 111 cm³/mol. The van der Waals surface area contributed by atoms with E-state index < -0.39 is 6.10 Å². The van der Waals surface area contributed by atoms with Crippen LogP contribution < -0.4 is 20.1 Å². The lowest BCUT2D eigenvalue weighted by molar-refractivity contribution is -0.125. The lowest BCUT2D eigenvalue weighted by atomic mass is 10.1. The van der Waals surface area contributed by atoms with Gasteiger partial charge in [-0.25, -0.2) is 0 Å². The van der Waals surface area contributed by atoms with Gasteiger partial charge in [0.2, 0.25) is 6.10 Å². The van der Waals surface area contributed by atoms with Crippen molar-refractivity contribution in [1.29, 1.82) is 0 Å². The number of benzene rings is 3. The van der Waals surface area contributed by atoms with Gasteiger partial charge in [-0.3, -0.25) is 9.59 Å². The highest BCUT2D eigenvalue weighted by atomic mass is 16.6. The second-order valence-corrected chi connectivity index (χ2v) is 6.75. The summed E-state index contributed by atoms with van der Waals surface area (Å²) >= 11 is 0. The van der Waals surface area contributed by atoms with Crippen LogP contribution in [0.3, 0.4) is 0 Å². The summed E-state index contributed by atoms with van der Waals surface area (Å²) in [6.07, 6.45) is -0.741. The zero-order valence-electron chi connectivity index (χ0n) is 15.8. The highest BCUT2D eigenvalue weighted by Crippen LogP contribution is 2.31. The van der Waals surface area contributed by atoms with Gasteiger partial charge in [0.1, 0.15) is 6.61 Å². The minimum atomic E-state index is -0.741. The summed E-state index contributed by atoms with van der Waals surface area (Å²) in [7, 11) is 0. The van der Waals surface area contributed by atoms with Gasteiger partial charge in [0.05, 0.1) is 0 Å². The molecular weight excluding hydrogens is 368 g/mol. The largest absolute Gasteiger partial charge is 0.485 e. The quantitative estimate of drug-likeness (QED) is 0.708. The van der Waals surface area contributed by atoms with Gasteiger partial charge in [-0.2, -0.15) is 0 Å². The van der Waals surface area contributed by atoms with E-state index in [1.165, 1.54) is 0 Å². The number of anilines is 2. The third-order valence-corrected chi connectivity index (χ3v) is 4.53. The molecule has 0 saturated heterocycles. The van der Waals surface area contributed by atoms with Crippen LogP contribution in [0.25, 0.3) is 0 Å². The molecule has 0 spiro atoms. The molecule has 6 heteroatoms.